The number of carbonyl (C=O) groups is 2. The standard InChI is InChI=1S/C7H14N2O3/c1-2-3-5(4-6(10)11)9-7(8)12/h5H,2-4H2,1H3,(H,10,11)(H3,8,9,12). The van der Waals surface area contributed by atoms with Gasteiger partial charge in [0, 0.05) is 6.04 Å². The van der Waals surface area contributed by atoms with Crippen molar-refractivity contribution >= 4 is 12.0 Å². The summed E-state index contributed by atoms with van der Waals surface area (Å²) in [4.78, 5) is 20.7. The van der Waals surface area contributed by atoms with Gasteiger partial charge < -0.3 is 16.2 Å². The molecular weight excluding hydrogens is 160 g/mol. The summed E-state index contributed by atoms with van der Waals surface area (Å²) in [5.74, 6) is -0.929. The zero-order valence-electron chi connectivity index (χ0n) is 7.04. The van der Waals surface area contributed by atoms with Crippen LogP contribution in [-0.2, 0) is 4.79 Å². The number of nitrogens with two attached hydrogens (primary N) is 1. The van der Waals surface area contributed by atoms with Crippen molar-refractivity contribution in [3.8, 4) is 0 Å². The Labute approximate surface area is 70.9 Å². The second kappa shape index (κ2) is 5.40. The normalized spacial score (nSPS) is 12.1. The molecule has 0 aromatic rings. The summed E-state index contributed by atoms with van der Waals surface area (Å²) in [7, 11) is 0. The van der Waals surface area contributed by atoms with E-state index in [0.29, 0.717) is 6.42 Å². The van der Waals surface area contributed by atoms with Gasteiger partial charge in [0.1, 0.15) is 0 Å². The number of hydrogen-bond acceptors (Lipinski definition) is 2. The molecule has 0 aliphatic carbocycles. The van der Waals surface area contributed by atoms with Crippen LogP contribution in [0.25, 0.3) is 0 Å². The van der Waals surface area contributed by atoms with E-state index in [4.69, 9.17) is 10.8 Å². The summed E-state index contributed by atoms with van der Waals surface area (Å²) in [6, 6.07) is -1.01. The van der Waals surface area contributed by atoms with Crippen LogP contribution in [0, 0.1) is 0 Å². The number of amides is 2. The van der Waals surface area contributed by atoms with Gasteiger partial charge in [-0.05, 0) is 6.42 Å². The summed E-state index contributed by atoms with van der Waals surface area (Å²) in [6.07, 6.45) is 1.38. The molecule has 2 amide bonds. The molecule has 0 spiro atoms. The molecular formula is C7H14N2O3. The van der Waals surface area contributed by atoms with Crippen molar-refractivity contribution in [2.24, 2.45) is 5.73 Å². The predicted molar refractivity (Wildman–Crippen MR) is 43.7 cm³/mol. The smallest absolute Gasteiger partial charge is 0.312 e. The van der Waals surface area contributed by atoms with Crippen molar-refractivity contribution < 1.29 is 14.7 Å². The Morgan fingerprint density at radius 2 is 2.17 bits per heavy atom. The minimum Gasteiger partial charge on any atom is -0.481 e. The summed E-state index contributed by atoms with van der Waals surface area (Å²) in [5, 5.41) is 10.8. The third-order valence-corrected chi connectivity index (χ3v) is 1.40. The molecule has 0 rings (SSSR count). The fraction of sp³-hybridized carbons (Fsp3) is 0.714. The first-order chi connectivity index (χ1) is 5.56. The molecule has 0 aromatic carbocycles. The lowest BCUT2D eigenvalue weighted by Gasteiger charge is -2.13. The van der Waals surface area contributed by atoms with Crippen molar-refractivity contribution in [2.75, 3.05) is 0 Å². The van der Waals surface area contributed by atoms with E-state index in [0.717, 1.165) is 6.42 Å². The van der Waals surface area contributed by atoms with Crippen LogP contribution in [0.4, 0.5) is 4.79 Å². The molecule has 0 aliphatic heterocycles. The Morgan fingerprint density at radius 1 is 1.58 bits per heavy atom. The Hall–Kier alpha value is -1.26. The molecule has 5 nitrogen and oxygen atoms in total. The number of nitrogens with one attached hydrogen (secondary N) is 1. The molecule has 4 N–H and O–H groups in total. The maximum absolute atomic E-state index is 10.4. The molecule has 0 radical (unpaired) electrons. The molecule has 1 unspecified atom stereocenters. The lowest BCUT2D eigenvalue weighted by Crippen LogP contribution is -2.39. The van der Waals surface area contributed by atoms with Gasteiger partial charge in [-0.1, -0.05) is 13.3 Å². The Morgan fingerprint density at radius 3 is 2.50 bits per heavy atom. The highest BCUT2D eigenvalue weighted by Gasteiger charge is 2.12. The lowest BCUT2D eigenvalue weighted by molar-refractivity contribution is -0.137. The third kappa shape index (κ3) is 5.52. The van der Waals surface area contributed by atoms with E-state index in [1.807, 2.05) is 6.92 Å². The quantitative estimate of drug-likeness (QED) is 0.559. The fourth-order valence-electron chi connectivity index (χ4n) is 0.986. The van der Waals surface area contributed by atoms with Crippen LogP contribution in [0.5, 0.6) is 0 Å². The van der Waals surface area contributed by atoms with Crippen LogP contribution in [0.15, 0.2) is 0 Å². The summed E-state index contributed by atoms with van der Waals surface area (Å²) in [5.41, 5.74) is 4.86. The van der Waals surface area contributed by atoms with E-state index in [1.54, 1.807) is 0 Å². The maximum Gasteiger partial charge on any atom is 0.312 e. The van der Waals surface area contributed by atoms with Crippen molar-refractivity contribution in [2.45, 2.75) is 32.2 Å². The summed E-state index contributed by atoms with van der Waals surface area (Å²) < 4.78 is 0. The lowest BCUT2D eigenvalue weighted by atomic mass is 10.1. The highest BCUT2D eigenvalue weighted by Crippen LogP contribution is 2.00. The molecule has 0 saturated carbocycles. The van der Waals surface area contributed by atoms with Gasteiger partial charge in [-0.3, -0.25) is 4.79 Å². The average molecular weight is 174 g/mol. The number of urea groups is 1. The topological polar surface area (TPSA) is 92.4 Å². The molecule has 0 bridgehead atoms. The van der Waals surface area contributed by atoms with Crippen molar-refractivity contribution in [1.29, 1.82) is 0 Å². The van der Waals surface area contributed by atoms with Crippen molar-refractivity contribution in [3.05, 3.63) is 0 Å². The van der Waals surface area contributed by atoms with Gasteiger partial charge in [0.2, 0.25) is 0 Å². The zero-order chi connectivity index (χ0) is 9.56. The van der Waals surface area contributed by atoms with Crippen LogP contribution >= 0.6 is 0 Å². The average Bonchev–Trinajstić information content (AvgIpc) is 1.84. The molecule has 0 heterocycles. The number of carbonyl (C=O) groups excluding carboxylic acids is 1. The number of primary amides is 1. The largest absolute Gasteiger partial charge is 0.481 e. The van der Waals surface area contributed by atoms with Crippen LogP contribution in [0.1, 0.15) is 26.2 Å². The van der Waals surface area contributed by atoms with E-state index in [1.165, 1.54) is 0 Å². The molecule has 12 heavy (non-hydrogen) atoms. The third-order valence-electron chi connectivity index (χ3n) is 1.40. The van der Waals surface area contributed by atoms with Crippen LogP contribution in [-0.4, -0.2) is 23.1 Å². The maximum atomic E-state index is 10.4. The van der Waals surface area contributed by atoms with Crippen molar-refractivity contribution in [3.63, 3.8) is 0 Å². The molecule has 5 heteroatoms. The number of carboxylic acid groups (broad SMARTS) is 1. The molecule has 0 aromatic heterocycles. The van der Waals surface area contributed by atoms with Gasteiger partial charge in [-0.2, -0.15) is 0 Å². The van der Waals surface area contributed by atoms with Gasteiger partial charge in [0.05, 0.1) is 6.42 Å². The summed E-state index contributed by atoms with van der Waals surface area (Å²) in [6.45, 7) is 1.91. The second-order valence-electron chi connectivity index (χ2n) is 2.59. The highest BCUT2D eigenvalue weighted by atomic mass is 16.4. The minimum atomic E-state index is -0.929. The van der Waals surface area contributed by atoms with Crippen LogP contribution in [0.2, 0.25) is 0 Å². The number of hydrogen-bond donors (Lipinski definition) is 3. The number of rotatable bonds is 5. The van der Waals surface area contributed by atoms with E-state index in [2.05, 4.69) is 5.32 Å². The molecule has 70 valence electrons. The first-order valence-corrected chi connectivity index (χ1v) is 3.84. The number of carboxylic acids is 1. The Balaban J connectivity index is 3.85. The predicted octanol–water partition coefficient (Wildman–Crippen LogP) is 0.298. The van der Waals surface area contributed by atoms with Crippen molar-refractivity contribution in [1.82, 2.24) is 5.32 Å². The van der Waals surface area contributed by atoms with E-state index < -0.39 is 12.0 Å². The molecule has 0 saturated heterocycles. The zero-order valence-corrected chi connectivity index (χ0v) is 7.04. The molecule has 0 aliphatic rings. The highest BCUT2D eigenvalue weighted by molar-refractivity contribution is 5.73. The molecule has 0 fully saturated rings. The van der Waals surface area contributed by atoms with E-state index in [-0.39, 0.29) is 12.5 Å². The number of aliphatic carboxylic acids is 1. The van der Waals surface area contributed by atoms with Crippen LogP contribution < -0.4 is 11.1 Å². The van der Waals surface area contributed by atoms with Gasteiger partial charge in [0.25, 0.3) is 0 Å². The van der Waals surface area contributed by atoms with Gasteiger partial charge in [0.15, 0.2) is 0 Å². The summed E-state index contributed by atoms with van der Waals surface area (Å²) >= 11 is 0. The monoisotopic (exact) mass is 174 g/mol. The van der Waals surface area contributed by atoms with E-state index in [9.17, 15) is 9.59 Å². The fourth-order valence-corrected chi connectivity index (χ4v) is 0.986. The second-order valence-corrected chi connectivity index (χ2v) is 2.59. The van der Waals surface area contributed by atoms with Crippen LogP contribution in [0.3, 0.4) is 0 Å². The molecule has 1 atom stereocenters. The Kier molecular flexibility index (Phi) is 4.83. The van der Waals surface area contributed by atoms with Gasteiger partial charge in [-0.15, -0.1) is 0 Å². The van der Waals surface area contributed by atoms with Gasteiger partial charge in [-0.25, -0.2) is 4.79 Å². The Bertz CT molecular complexity index is 154. The van der Waals surface area contributed by atoms with E-state index >= 15 is 0 Å². The SMILES string of the molecule is CCCC(CC(=O)O)NC(N)=O. The minimum absolute atomic E-state index is 0.0726. The first-order valence-electron chi connectivity index (χ1n) is 3.84. The first kappa shape index (κ1) is 10.7. The van der Waals surface area contributed by atoms with Gasteiger partial charge >= 0.3 is 12.0 Å².